The number of nitrogens with one attached hydrogen (secondary N) is 1. The first kappa shape index (κ1) is 13.7. The van der Waals surface area contributed by atoms with Crippen molar-refractivity contribution in [2.24, 2.45) is 0 Å². The molecule has 0 spiro atoms. The molecule has 8 heteroatoms. The van der Waals surface area contributed by atoms with Crippen LogP contribution < -0.4 is 5.32 Å². The van der Waals surface area contributed by atoms with Crippen LogP contribution in [0, 0.1) is 0 Å². The zero-order chi connectivity index (χ0) is 12.1. The molecule has 1 unspecified atom stereocenters. The van der Waals surface area contributed by atoms with E-state index in [1.807, 2.05) is 0 Å². The quantitative estimate of drug-likeness (QED) is 0.614. The van der Waals surface area contributed by atoms with Gasteiger partial charge in [-0.3, -0.25) is 9.59 Å². The third-order valence-corrected chi connectivity index (χ3v) is 1.43. The molecule has 15 heavy (non-hydrogen) atoms. The Kier molecular flexibility index (Phi) is 5.06. The molecular formula is C7H10F3NO4. The van der Waals surface area contributed by atoms with E-state index in [0.717, 1.165) is 0 Å². The van der Waals surface area contributed by atoms with Crippen LogP contribution in [-0.2, 0) is 9.59 Å². The van der Waals surface area contributed by atoms with E-state index in [-0.39, 0.29) is 6.42 Å². The molecule has 0 aromatic rings. The number of aliphatic carboxylic acids is 1. The highest BCUT2D eigenvalue weighted by atomic mass is 19.4. The number of amides is 1. The number of aliphatic hydroxyl groups is 1. The lowest BCUT2D eigenvalue weighted by atomic mass is 10.2. The van der Waals surface area contributed by atoms with Crippen molar-refractivity contribution in [3.8, 4) is 0 Å². The predicted octanol–water partition coefficient (Wildman–Crippen LogP) is -0.109. The average Bonchev–Trinajstić information content (AvgIpc) is 2.00. The maximum Gasteiger partial charge on any atom is 0.471 e. The zero-order valence-electron chi connectivity index (χ0n) is 7.54. The zero-order valence-corrected chi connectivity index (χ0v) is 7.54. The molecule has 0 radical (unpaired) electrons. The Morgan fingerprint density at radius 2 is 1.87 bits per heavy atom. The molecule has 0 saturated carbocycles. The van der Waals surface area contributed by atoms with Gasteiger partial charge >= 0.3 is 18.1 Å². The number of carboxylic acids is 1. The molecule has 0 aliphatic rings. The van der Waals surface area contributed by atoms with Crippen LogP contribution >= 0.6 is 0 Å². The average molecular weight is 229 g/mol. The Hall–Kier alpha value is -1.31. The van der Waals surface area contributed by atoms with Gasteiger partial charge in [0, 0.05) is 6.54 Å². The van der Waals surface area contributed by atoms with E-state index in [2.05, 4.69) is 0 Å². The summed E-state index contributed by atoms with van der Waals surface area (Å²) in [6.45, 7) is -0.424. The van der Waals surface area contributed by atoms with Crippen LogP contribution in [0.1, 0.15) is 12.8 Å². The Balaban J connectivity index is 3.71. The number of carbonyl (C=O) groups excluding carboxylic acids is 1. The summed E-state index contributed by atoms with van der Waals surface area (Å²) < 4.78 is 34.8. The van der Waals surface area contributed by atoms with Crippen molar-refractivity contribution >= 4 is 11.9 Å². The number of carboxylic acid groups (broad SMARTS) is 1. The number of halogens is 3. The predicted molar refractivity (Wildman–Crippen MR) is 41.9 cm³/mol. The molecule has 1 amide bonds. The SMILES string of the molecule is O=C(O)CC(O)CCNC(=O)C(F)(F)F. The van der Waals surface area contributed by atoms with Gasteiger partial charge < -0.3 is 15.5 Å². The van der Waals surface area contributed by atoms with Crippen LogP contribution in [0.3, 0.4) is 0 Å². The smallest absolute Gasteiger partial charge is 0.471 e. The van der Waals surface area contributed by atoms with E-state index < -0.39 is 37.1 Å². The molecule has 3 N–H and O–H groups in total. The van der Waals surface area contributed by atoms with Crippen LogP contribution in [0.4, 0.5) is 13.2 Å². The van der Waals surface area contributed by atoms with E-state index in [1.54, 1.807) is 0 Å². The first-order chi connectivity index (χ1) is 6.73. The summed E-state index contributed by atoms with van der Waals surface area (Å²) in [5.74, 6) is -3.37. The first-order valence-corrected chi connectivity index (χ1v) is 3.98. The third kappa shape index (κ3) is 6.72. The topological polar surface area (TPSA) is 86.6 Å². The molecule has 0 aliphatic heterocycles. The van der Waals surface area contributed by atoms with Gasteiger partial charge in [-0.15, -0.1) is 0 Å². The molecule has 0 rings (SSSR count). The minimum absolute atomic E-state index is 0.242. The van der Waals surface area contributed by atoms with E-state index in [9.17, 15) is 22.8 Å². The van der Waals surface area contributed by atoms with Crippen molar-refractivity contribution in [2.75, 3.05) is 6.54 Å². The fourth-order valence-electron chi connectivity index (χ4n) is 0.756. The summed E-state index contributed by atoms with van der Waals surface area (Å²) in [7, 11) is 0. The fraction of sp³-hybridized carbons (Fsp3) is 0.714. The second kappa shape index (κ2) is 5.54. The molecule has 0 fully saturated rings. The van der Waals surface area contributed by atoms with Gasteiger partial charge in [0.15, 0.2) is 0 Å². The number of alkyl halides is 3. The van der Waals surface area contributed by atoms with Gasteiger partial charge in [-0.25, -0.2) is 0 Å². The summed E-state index contributed by atoms with van der Waals surface area (Å²) in [5, 5.41) is 18.6. The van der Waals surface area contributed by atoms with Gasteiger partial charge in [0.2, 0.25) is 0 Å². The van der Waals surface area contributed by atoms with Crippen molar-refractivity contribution in [3.05, 3.63) is 0 Å². The second-order valence-corrected chi connectivity index (χ2v) is 2.79. The van der Waals surface area contributed by atoms with E-state index >= 15 is 0 Å². The normalized spacial score (nSPS) is 13.3. The molecule has 5 nitrogen and oxygen atoms in total. The van der Waals surface area contributed by atoms with E-state index in [0.29, 0.717) is 0 Å². The maximum absolute atomic E-state index is 11.6. The summed E-state index contributed by atoms with van der Waals surface area (Å²) in [4.78, 5) is 20.3. The van der Waals surface area contributed by atoms with Gasteiger partial charge in [0.1, 0.15) is 0 Å². The highest BCUT2D eigenvalue weighted by Gasteiger charge is 2.38. The Labute approximate surface area is 82.9 Å². The lowest BCUT2D eigenvalue weighted by molar-refractivity contribution is -0.173. The number of carbonyl (C=O) groups is 2. The summed E-state index contributed by atoms with van der Waals surface area (Å²) >= 11 is 0. The molecule has 88 valence electrons. The van der Waals surface area contributed by atoms with Crippen molar-refractivity contribution in [1.82, 2.24) is 5.32 Å². The van der Waals surface area contributed by atoms with Crippen LogP contribution in [0.25, 0.3) is 0 Å². The van der Waals surface area contributed by atoms with Crippen molar-refractivity contribution in [1.29, 1.82) is 0 Å². The summed E-state index contributed by atoms with van der Waals surface area (Å²) in [6, 6.07) is 0. The van der Waals surface area contributed by atoms with Gasteiger partial charge in [0.25, 0.3) is 0 Å². The molecule has 0 aromatic carbocycles. The lowest BCUT2D eigenvalue weighted by Crippen LogP contribution is -2.38. The number of rotatable bonds is 5. The van der Waals surface area contributed by atoms with Gasteiger partial charge in [0.05, 0.1) is 12.5 Å². The van der Waals surface area contributed by atoms with Gasteiger partial charge in [-0.1, -0.05) is 0 Å². The fourth-order valence-corrected chi connectivity index (χ4v) is 0.756. The van der Waals surface area contributed by atoms with E-state index in [4.69, 9.17) is 10.2 Å². The lowest BCUT2D eigenvalue weighted by Gasteiger charge is -2.10. The Morgan fingerprint density at radius 3 is 2.27 bits per heavy atom. The highest BCUT2D eigenvalue weighted by molar-refractivity contribution is 5.81. The molecule has 0 bridgehead atoms. The molecule has 1 atom stereocenters. The molecule has 0 aliphatic carbocycles. The first-order valence-electron chi connectivity index (χ1n) is 3.98. The highest BCUT2D eigenvalue weighted by Crippen LogP contribution is 2.13. The molecule has 0 saturated heterocycles. The van der Waals surface area contributed by atoms with Gasteiger partial charge in [-0.05, 0) is 6.42 Å². The molecule has 0 aromatic heterocycles. The third-order valence-electron chi connectivity index (χ3n) is 1.43. The standard InChI is InChI=1S/C7H10F3NO4/c8-7(9,10)6(15)11-2-1-4(12)3-5(13)14/h4,12H,1-3H2,(H,11,15)(H,13,14). The molecular weight excluding hydrogens is 219 g/mol. The Bertz CT molecular complexity index is 241. The van der Waals surface area contributed by atoms with E-state index in [1.165, 1.54) is 5.32 Å². The summed E-state index contributed by atoms with van der Waals surface area (Å²) in [6.07, 6.45) is -7.04. The maximum atomic E-state index is 11.6. The van der Waals surface area contributed by atoms with Crippen LogP contribution in [-0.4, -0.2) is 40.9 Å². The number of aliphatic hydroxyl groups excluding tert-OH is 1. The number of hydrogen-bond donors (Lipinski definition) is 3. The van der Waals surface area contributed by atoms with Crippen molar-refractivity contribution < 1.29 is 33.0 Å². The van der Waals surface area contributed by atoms with Crippen LogP contribution in [0.5, 0.6) is 0 Å². The largest absolute Gasteiger partial charge is 0.481 e. The minimum Gasteiger partial charge on any atom is -0.481 e. The van der Waals surface area contributed by atoms with Gasteiger partial charge in [-0.2, -0.15) is 13.2 Å². The van der Waals surface area contributed by atoms with Crippen molar-refractivity contribution in [2.45, 2.75) is 25.1 Å². The van der Waals surface area contributed by atoms with Crippen LogP contribution in [0.15, 0.2) is 0 Å². The van der Waals surface area contributed by atoms with Crippen molar-refractivity contribution in [3.63, 3.8) is 0 Å². The second-order valence-electron chi connectivity index (χ2n) is 2.79. The molecule has 0 heterocycles. The monoisotopic (exact) mass is 229 g/mol. The minimum atomic E-state index is -4.96. The van der Waals surface area contributed by atoms with Crippen LogP contribution in [0.2, 0.25) is 0 Å². The summed E-state index contributed by atoms with van der Waals surface area (Å²) in [5.41, 5.74) is 0. The Morgan fingerprint density at radius 1 is 1.33 bits per heavy atom. The number of hydrogen-bond acceptors (Lipinski definition) is 3.